The number of halogens is 2. The van der Waals surface area contributed by atoms with Crippen molar-refractivity contribution >= 4 is 55.9 Å². The molecule has 3 atom stereocenters. The molecule has 0 radical (unpaired) electrons. The number of carboxylic acids is 1. The van der Waals surface area contributed by atoms with Gasteiger partial charge in [-0.15, -0.1) is 0 Å². The molecule has 4 rings (SSSR count). The minimum Gasteiger partial charge on any atom is -0.480 e. The second-order valence-corrected chi connectivity index (χ2v) is 11.1. The van der Waals surface area contributed by atoms with E-state index in [0.717, 1.165) is 15.1 Å². The maximum absolute atomic E-state index is 13.2. The number of carbonyl (C=O) groups excluding carboxylic acids is 1. The number of nitrogens with one attached hydrogen (secondary N) is 1. The first kappa shape index (κ1) is 25.4. The number of aliphatic hydroxyl groups excluding tert-OH is 1. The predicted octanol–water partition coefficient (Wildman–Crippen LogP) is 3.08. The van der Waals surface area contributed by atoms with Gasteiger partial charge in [-0.3, -0.25) is 4.79 Å². The zero-order chi connectivity index (χ0) is 25.3. The third-order valence-electron chi connectivity index (χ3n) is 5.85. The van der Waals surface area contributed by atoms with E-state index in [9.17, 15) is 28.2 Å². The summed E-state index contributed by atoms with van der Waals surface area (Å²) in [6, 6.07) is 14.3. The van der Waals surface area contributed by atoms with Crippen molar-refractivity contribution in [2.24, 2.45) is 0 Å². The van der Waals surface area contributed by atoms with E-state index in [4.69, 9.17) is 23.2 Å². The van der Waals surface area contributed by atoms with E-state index in [1.165, 1.54) is 18.2 Å². The van der Waals surface area contributed by atoms with Gasteiger partial charge in [0.2, 0.25) is 15.9 Å². The number of nitrogens with zero attached hydrogens (tertiary/aromatic N) is 1. The van der Waals surface area contributed by atoms with E-state index < -0.39 is 40.1 Å². The van der Waals surface area contributed by atoms with Crippen LogP contribution in [0.4, 0.5) is 0 Å². The fraction of sp³-hybridized carbons (Fsp3) is 0.250. The van der Waals surface area contributed by atoms with E-state index in [-0.39, 0.29) is 34.3 Å². The average Bonchev–Trinajstić information content (AvgIpc) is 3.20. The van der Waals surface area contributed by atoms with Crippen LogP contribution in [0.3, 0.4) is 0 Å². The molecule has 8 nitrogen and oxygen atoms in total. The van der Waals surface area contributed by atoms with Gasteiger partial charge >= 0.3 is 5.97 Å². The van der Waals surface area contributed by atoms with Crippen molar-refractivity contribution in [2.45, 2.75) is 35.9 Å². The van der Waals surface area contributed by atoms with Crippen LogP contribution in [0.15, 0.2) is 65.6 Å². The van der Waals surface area contributed by atoms with Gasteiger partial charge in [0.1, 0.15) is 12.1 Å². The van der Waals surface area contributed by atoms with Crippen molar-refractivity contribution < 1.29 is 28.2 Å². The zero-order valence-corrected chi connectivity index (χ0v) is 20.6. The first-order chi connectivity index (χ1) is 16.5. The Morgan fingerprint density at radius 1 is 1.03 bits per heavy atom. The number of amides is 1. The molecular formula is C24H22Cl2N2O6S. The number of β-amino-alcohol motifs (C(OH)–C–C–N with tert-alkyl or cyclic N) is 1. The Kier molecular flexibility index (Phi) is 7.35. The summed E-state index contributed by atoms with van der Waals surface area (Å²) in [5.41, 5.74) is 0.695. The van der Waals surface area contributed by atoms with Gasteiger partial charge in [0.05, 0.1) is 11.0 Å². The molecule has 0 aliphatic carbocycles. The summed E-state index contributed by atoms with van der Waals surface area (Å²) in [7, 11) is -4.25. The molecule has 3 aromatic carbocycles. The topological polar surface area (TPSA) is 124 Å². The molecule has 35 heavy (non-hydrogen) atoms. The number of hydrogen-bond donors (Lipinski definition) is 3. The summed E-state index contributed by atoms with van der Waals surface area (Å²) in [4.78, 5) is 24.8. The molecule has 1 aliphatic rings. The predicted molar refractivity (Wildman–Crippen MR) is 132 cm³/mol. The number of rotatable bonds is 7. The van der Waals surface area contributed by atoms with Crippen LogP contribution in [0.25, 0.3) is 10.8 Å². The maximum atomic E-state index is 13.2. The van der Waals surface area contributed by atoms with E-state index in [1.807, 2.05) is 36.4 Å². The number of carboxylic acid groups (broad SMARTS) is 1. The van der Waals surface area contributed by atoms with Crippen molar-refractivity contribution in [1.29, 1.82) is 0 Å². The van der Waals surface area contributed by atoms with Gasteiger partial charge in [-0.05, 0) is 34.5 Å². The zero-order valence-electron chi connectivity index (χ0n) is 18.3. The molecule has 3 N–H and O–H groups in total. The Hall–Kier alpha value is -2.69. The summed E-state index contributed by atoms with van der Waals surface area (Å²) >= 11 is 11.9. The highest BCUT2D eigenvalue weighted by Gasteiger charge is 2.44. The largest absolute Gasteiger partial charge is 0.480 e. The quantitative estimate of drug-likeness (QED) is 0.426. The first-order valence-corrected chi connectivity index (χ1v) is 12.9. The Morgan fingerprint density at radius 2 is 1.69 bits per heavy atom. The number of sulfonamides is 1. The standard InChI is InChI=1S/C24H22Cl2N2O6S/c25-17-9-18(26)11-20(10-17)35(33,34)28-13-19(29)12-22(28)23(30)27-21(24(31)32)8-14-5-6-15-3-1-2-4-16(15)7-14/h1-7,9-11,19,21-22,29H,8,12-13H2,(H,27,30)(H,31,32)/t19-,21?,22?/m0/s1. The fourth-order valence-electron chi connectivity index (χ4n) is 4.17. The molecule has 1 saturated heterocycles. The Balaban J connectivity index is 1.56. The van der Waals surface area contributed by atoms with Crippen LogP contribution >= 0.6 is 23.2 Å². The molecule has 1 fully saturated rings. The van der Waals surface area contributed by atoms with Crippen LogP contribution < -0.4 is 5.32 Å². The number of benzene rings is 3. The first-order valence-electron chi connectivity index (χ1n) is 10.7. The summed E-state index contributed by atoms with van der Waals surface area (Å²) in [5.74, 6) is -2.08. The molecule has 0 aromatic heterocycles. The van der Waals surface area contributed by atoms with E-state index in [0.29, 0.717) is 5.56 Å². The van der Waals surface area contributed by atoms with Gasteiger partial charge < -0.3 is 15.5 Å². The Morgan fingerprint density at radius 3 is 2.34 bits per heavy atom. The van der Waals surface area contributed by atoms with Gasteiger partial charge in [-0.1, -0.05) is 65.7 Å². The van der Waals surface area contributed by atoms with Crippen LogP contribution in [0.1, 0.15) is 12.0 Å². The third-order valence-corrected chi connectivity index (χ3v) is 8.14. The maximum Gasteiger partial charge on any atom is 0.326 e. The van der Waals surface area contributed by atoms with E-state index in [1.54, 1.807) is 6.07 Å². The lowest BCUT2D eigenvalue weighted by atomic mass is 10.0. The number of aliphatic carboxylic acids is 1. The molecule has 0 bridgehead atoms. The van der Waals surface area contributed by atoms with Gasteiger partial charge in [-0.2, -0.15) is 4.31 Å². The highest BCUT2D eigenvalue weighted by Crippen LogP contribution is 2.30. The average molecular weight is 537 g/mol. The summed E-state index contributed by atoms with van der Waals surface area (Å²) in [6.45, 7) is -0.326. The number of carbonyl (C=O) groups is 2. The molecule has 0 saturated carbocycles. The highest BCUT2D eigenvalue weighted by atomic mass is 35.5. The SMILES string of the molecule is O=C(O)C(Cc1ccc2ccccc2c1)NC(=O)C1C[C@H](O)CN1S(=O)(=O)c1cc(Cl)cc(Cl)c1. The van der Waals surface area contributed by atoms with E-state index in [2.05, 4.69) is 5.32 Å². The Labute approximate surface area is 212 Å². The molecule has 1 aliphatic heterocycles. The van der Waals surface area contributed by atoms with Gasteiger partial charge in [-0.25, -0.2) is 13.2 Å². The van der Waals surface area contributed by atoms with Gasteiger partial charge in [0.25, 0.3) is 0 Å². The van der Waals surface area contributed by atoms with Crippen molar-refractivity contribution in [2.75, 3.05) is 6.54 Å². The van der Waals surface area contributed by atoms with Crippen molar-refractivity contribution in [3.8, 4) is 0 Å². The second-order valence-electron chi connectivity index (χ2n) is 8.37. The van der Waals surface area contributed by atoms with Crippen molar-refractivity contribution in [3.05, 3.63) is 76.3 Å². The molecule has 1 amide bonds. The molecule has 2 unspecified atom stereocenters. The highest BCUT2D eigenvalue weighted by molar-refractivity contribution is 7.89. The lowest BCUT2D eigenvalue weighted by molar-refractivity contribution is -0.142. The fourth-order valence-corrected chi connectivity index (χ4v) is 6.53. The summed E-state index contributed by atoms with van der Waals surface area (Å²) < 4.78 is 27.3. The monoisotopic (exact) mass is 536 g/mol. The lowest BCUT2D eigenvalue weighted by Crippen LogP contribution is -2.51. The van der Waals surface area contributed by atoms with Crippen LogP contribution in [0.2, 0.25) is 10.0 Å². The molecule has 11 heteroatoms. The minimum absolute atomic E-state index is 0.00215. The minimum atomic E-state index is -4.25. The van der Waals surface area contributed by atoms with E-state index >= 15 is 0 Å². The molecule has 3 aromatic rings. The number of aliphatic hydroxyl groups is 1. The molecule has 0 spiro atoms. The second kappa shape index (κ2) is 10.1. The van der Waals surface area contributed by atoms with Gasteiger partial charge in [0, 0.05) is 29.4 Å². The van der Waals surface area contributed by atoms with Gasteiger partial charge in [0.15, 0.2) is 0 Å². The van der Waals surface area contributed by atoms with Crippen molar-refractivity contribution in [3.63, 3.8) is 0 Å². The molecule has 184 valence electrons. The van der Waals surface area contributed by atoms with Crippen molar-refractivity contribution in [1.82, 2.24) is 9.62 Å². The lowest BCUT2D eigenvalue weighted by Gasteiger charge is -2.25. The summed E-state index contributed by atoms with van der Waals surface area (Å²) in [5, 5.41) is 24.5. The Bertz CT molecular complexity index is 1380. The van der Waals surface area contributed by atoms with Crippen LogP contribution in [-0.2, 0) is 26.0 Å². The summed E-state index contributed by atoms with van der Waals surface area (Å²) in [6.07, 6.45) is -1.28. The molecular weight excluding hydrogens is 515 g/mol. The number of hydrogen-bond acceptors (Lipinski definition) is 5. The molecule has 1 heterocycles. The van der Waals surface area contributed by atoms with Crippen LogP contribution in [-0.4, -0.2) is 59.5 Å². The van der Waals surface area contributed by atoms with Crippen LogP contribution in [0, 0.1) is 0 Å². The van der Waals surface area contributed by atoms with Crippen LogP contribution in [0.5, 0.6) is 0 Å². The third kappa shape index (κ3) is 5.60. The normalized spacial score (nSPS) is 19.5. The smallest absolute Gasteiger partial charge is 0.326 e. The number of fused-ring (bicyclic) bond motifs is 1.